The molecule has 0 spiro atoms. The summed E-state index contributed by atoms with van der Waals surface area (Å²) in [6.07, 6.45) is 1.05. The first-order valence-electron chi connectivity index (χ1n) is 7.84. The fourth-order valence-electron chi connectivity index (χ4n) is 2.39. The number of aromatic hydroxyl groups is 1. The molecule has 0 aliphatic carbocycles. The number of para-hydroxylation sites is 1. The Morgan fingerprint density at radius 3 is 2.48 bits per heavy atom. The third-order valence-electron chi connectivity index (χ3n) is 3.74. The molecule has 0 saturated carbocycles. The van der Waals surface area contributed by atoms with E-state index in [0.29, 0.717) is 5.69 Å². The average molecular weight is 382 g/mol. The highest BCUT2D eigenvalue weighted by Crippen LogP contribution is 2.19. The van der Waals surface area contributed by atoms with Crippen molar-refractivity contribution < 1.29 is 19.5 Å². The highest BCUT2D eigenvalue weighted by molar-refractivity contribution is 7.80. The summed E-state index contributed by atoms with van der Waals surface area (Å²) in [5.74, 6) is -2.96. The number of phenolic OH excluding ortho intramolecular Hbond substituents is 1. The van der Waals surface area contributed by atoms with Gasteiger partial charge in [0, 0.05) is 11.8 Å². The molecule has 136 valence electrons. The van der Waals surface area contributed by atoms with Crippen LogP contribution in [0.2, 0.25) is 0 Å². The fourth-order valence-corrected chi connectivity index (χ4v) is 2.69. The summed E-state index contributed by atoms with van der Waals surface area (Å²) in [6, 6.07) is 14.2. The van der Waals surface area contributed by atoms with Crippen LogP contribution in [0, 0.1) is 5.92 Å². The molecule has 2 aromatic carbocycles. The molecule has 3 amide bonds. The molecule has 0 bridgehead atoms. The van der Waals surface area contributed by atoms with Gasteiger partial charge in [-0.25, -0.2) is 5.43 Å². The normalized spacial score (nSPS) is 17.1. The summed E-state index contributed by atoms with van der Waals surface area (Å²) in [5.41, 5.74) is 3.01. The third-order valence-corrected chi connectivity index (χ3v) is 4.02. The number of hydrogen-bond acceptors (Lipinski definition) is 6. The van der Waals surface area contributed by atoms with Gasteiger partial charge in [-0.05, 0) is 48.6 Å². The van der Waals surface area contributed by atoms with E-state index < -0.39 is 23.6 Å². The largest absolute Gasteiger partial charge is 0.508 e. The van der Waals surface area contributed by atoms with Crippen LogP contribution in [0.25, 0.3) is 0 Å². The lowest BCUT2D eigenvalue weighted by molar-refractivity contribution is -0.130. The van der Waals surface area contributed by atoms with Crippen LogP contribution < -0.4 is 15.6 Å². The van der Waals surface area contributed by atoms with Gasteiger partial charge in [-0.1, -0.05) is 18.2 Å². The highest BCUT2D eigenvalue weighted by atomic mass is 32.1. The minimum atomic E-state index is -1.24. The molecule has 0 aromatic heterocycles. The van der Waals surface area contributed by atoms with Gasteiger partial charge in [0.2, 0.25) is 5.91 Å². The molecule has 27 heavy (non-hydrogen) atoms. The lowest BCUT2D eigenvalue weighted by Crippen LogP contribution is -2.58. The number of anilines is 1. The second-order valence-electron chi connectivity index (χ2n) is 5.55. The first-order chi connectivity index (χ1) is 13.0. The lowest BCUT2D eigenvalue weighted by atomic mass is 10.1. The molecular weight excluding hydrogens is 368 g/mol. The summed E-state index contributed by atoms with van der Waals surface area (Å²) < 4.78 is 0. The summed E-state index contributed by atoms with van der Waals surface area (Å²) in [6.45, 7) is 0. The van der Waals surface area contributed by atoms with Gasteiger partial charge < -0.3 is 10.4 Å². The van der Waals surface area contributed by atoms with Crippen molar-refractivity contribution in [3.63, 3.8) is 0 Å². The van der Waals surface area contributed by atoms with Crippen LogP contribution in [-0.4, -0.2) is 34.2 Å². The van der Waals surface area contributed by atoms with E-state index in [1.807, 2.05) is 0 Å². The van der Waals surface area contributed by atoms with Crippen LogP contribution in [-0.2, 0) is 9.59 Å². The molecule has 1 heterocycles. The van der Waals surface area contributed by atoms with Crippen LogP contribution in [0.4, 0.5) is 5.69 Å². The number of phenols is 1. The van der Waals surface area contributed by atoms with Crippen molar-refractivity contribution in [2.75, 3.05) is 4.90 Å². The molecule has 1 aliphatic rings. The summed E-state index contributed by atoms with van der Waals surface area (Å²) in [4.78, 5) is 38.0. The number of carbonyl (C=O) groups is 3. The topological polar surface area (TPSA) is 111 Å². The SMILES string of the molecule is O=C(N/N=C\[C@H]1C(=O)NC(=S)N(c2ccccc2)C1=O)c1ccc(O)cc1. The molecule has 1 aliphatic heterocycles. The van der Waals surface area contributed by atoms with Crippen LogP contribution in [0.15, 0.2) is 59.7 Å². The van der Waals surface area contributed by atoms with Gasteiger partial charge in [0.15, 0.2) is 11.0 Å². The number of thiocarbonyl (C=S) groups is 1. The van der Waals surface area contributed by atoms with Gasteiger partial charge in [-0.2, -0.15) is 5.10 Å². The van der Waals surface area contributed by atoms with E-state index in [-0.39, 0.29) is 16.4 Å². The second-order valence-corrected chi connectivity index (χ2v) is 5.93. The van der Waals surface area contributed by atoms with E-state index in [1.165, 1.54) is 29.2 Å². The number of benzene rings is 2. The van der Waals surface area contributed by atoms with Crippen LogP contribution in [0.1, 0.15) is 10.4 Å². The number of nitrogens with zero attached hydrogens (tertiary/aromatic N) is 2. The number of hydrazone groups is 1. The lowest BCUT2D eigenvalue weighted by Gasteiger charge is -2.30. The first-order valence-corrected chi connectivity index (χ1v) is 8.24. The highest BCUT2D eigenvalue weighted by Gasteiger charge is 2.38. The Morgan fingerprint density at radius 2 is 1.81 bits per heavy atom. The summed E-state index contributed by atoms with van der Waals surface area (Å²) >= 11 is 5.08. The smallest absolute Gasteiger partial charge is 0.271 e. The number of nitrogens with one attached hydrogen (secondary N) is 2. The summed E-state index contributed by atoms with van der Waals surface area (Å²) in [5, 5.41) is 15.4. The second kappa shape index (κ2) is 7.75. The zero-order chi connectivity index (χ0) is 19.4. The van der Waals surface area contributed by atoms with E-state index in [1.54, 1.807) is 30.3 Å². The predicted octanol–water partition coefficient (Wildman–Crippen LogP) is 1.17. The van der Waals surface area contributed by atoms with Crippen molar-refractivity contribution >= 4 is 47.0 Å². The molecule has 1 saturated heterocycles. The van der Waals surface area contributed by atoms with Gasteiger partial charge in [0.25, 0.3) is 11.8 Å². The van der Waals surface area contributed by atoms with Crippen molar-refractivity contribution in [2.45, 2.75) is 0 Å². The maximum Gasteiger partial charge on any atom is 0.271 e. The Kier molecular flexibility index (Phi) is 5.23. The van der Waals surface area contributed by atoms with Crippen LogP contribution in [0.5, 0.6) is 5.75 Å². The molecule has 0 unspecified atom stereocenters. The number of amides is 3. The molecular formula is C18H14N4O4S. The number of hydrogen-bond donors (Lipinski definition) is 3. The van der Waals surface area contributed by atoms with E-state index in [0.717, 1.165) is 6.21 Å². The van der Waals surface area contributed by atoms with Crippen LogP contribution in [0.3, 0.4) is 0 Å². The van der Waals surface area contributed by atoms with E-state index in [2.05, 4.69) is 15.8 Å². The Hall–Kier alpha value is -3.59. The van der Waals surface area contributed by atoms with Gasteiger partial charge in [0.05, 0.1) is 5.69 Å². The maximum atomic E-state index is 12.7. The molecule has 8 nitrogen and oxygen atoms in total. The maximum absolute atomic E-state index is 12.7. The quantitative estimate of drug-likeness (QED) is 0.318. The molecule has 0 radical (unpaired) electrons. The number of rotatable bonds is 4. The zero-order valence-corrected chi connectivity index (χ0v) is 14.6. The van der Waals surface area contributed by atoms with Crippen molar-refractivity contribution in [2.24, 2.45) is 11.0 Å². The Bertz CT molecular complexity index is 928. The first kappa shape index (κ1) is 18.2. The number of carbonyl (C=O) groups excluding carboxylic acids is 3. The third kappa shape index (κ3) is 3.98. The minimum absolute atomic E-state index is 0.0195. The monoisotopic (exact) mass is 382 g/mol. The van der Waals surface area contributed by atoms with Crippen LogP contribution >= 0.6 is 12.2 Å². The Balaban J connectivity index is 1.73. The standard InChI is InChI=1S/C18H14N4O4S/c23-13-8-6-11(7-9-13)15(24)21-19-10-14-16(25)20-18(27)22(17(14)26)12-4-2-1-3-5-12/h1-10,14,23H,(H,21,24)(H,20,25,27)/b19-10-/t14-/m0/s1. The fraction of sp³-hybridized carbons (Fsp3) is 0.0556. The molecule has 1 fully saturated rings. The predicted molar refractivity (Wildman–Crippen MR) is 102 cm³/mol. The Labute approximate surface area is 159 Å². The molecule has 3 N–H and O–H groups in total. The molecule has 2 aromatic rings. The van der Waals surface area contributed by atoms with Crippen molar-refractivity contribution in [3.05, 3.63) is 60.2 Å². The van der Waals surface area contributed by atoms with Crippen molar-refractivity contribution in [1.29, 1.82) is 0 Å². The van der Waals surface area contributed by atoms with Gasteiger partial charge >= 0.3 is 0 Å². The molecule has 1 atom stereocenters. The van der Waals surface area contributed by atoms with E-state index in [9.17, 15) is 19.5 Å². The van der Waals surface area contributed by atoms with Gasteiger partial charge in [-0.3, -0.25) is 19.3 Å². The molecule has 3 rings (SSSR count). The van der Waals surface area contributed by atoms with Crippen molar-refractivity contribution in [3.8, 4) is 5.75 Å². The van der Waals surface area contributed by atoms with E-state index >= 15 is 0 Å². The molecule has 9 heteroatoms. The van der Waals surface area contributed by atoms with E-state index in [4.69, 9.17) is 12.2 Å². The minimum Gasteiger partial charge on any atom is -0.508 e. The Morgan fingerprint density at radius 1 is 1.15 bits per heavy atom. The average Bonchev–Trinajstić information content (AvgIpc) is 2.65. The zero-order valence-electron chi connectivity index (χ0n) is 13.8. The summed E-state index contributed by atoms with van der Waals surface area (Å²) in [7, 11) is 0. The van der Waals surface area contributed by atoms with Gasteiger partial charge in [-0.15, -0.1) is 0 Å². The van der Waals surface area contributed by atoms with Gasteiger partial charge in [0.1, 0.15) is 5.75 Å². The van der Waals surface area contributed by atoms with Crippen molar-refractivity contribution in [1.82, 2.24) is 10.7 Å².